The van der Waals surface area contributed by atoms with Gasteiger partial charge < -0.3 is 10.1 Å². The van der Waals surface area contributed by atoms with Crippen molar-refractivity contribution in [2.45, 2.75) is 25.9 Å². The van der Waals surface area contributed by atoms with Gasteiger partial charge in [0.1, 0.15) is 11.8 Å². The van der Waals surface area contributed by atoms with E-state index in [0.717, 1.165) is 16.0 Å². The number of nitrogens with zero attached hydrogens (tertiary/aromatic N) is 1. The van der Waals surface area contributed by atoms with Crippen LogP contribution in [0.25, 0.3) is 0 Å². The first-order valence-corrected chi connectivity index (χ1v) is 12.3. The van der Waals surface area contributed by atoms with Gasteiger partial charge in [0, 0.05) is 17.1 Å². The number of carbonyl (C=O) groups excluding carboxylic acids is 2. The van der Waals surface area contributed by atoms with Crippen molar-refractivity contribution in [3.05, 3.63) is 118 Å². The molecule has 0 fully saturated rings. The molecule has 1 atom stereocenters. The van der Waals surface area contributed by atoms with Crippen molar-refractivity contribution < 1.29 is 14.3 Å². The molecule has 35 heavy (non-hydrogen) atoms. The lowest BCUT2D eigenvalue weighted by molar-refractivity contribution is -0.126. The van der Waals surface area contributed by atoms with Crippen LogP contribution in [0.1, 0.15) is 27.6 Å². The molecule has 0 aliphatic rings. The van der Waals surface area contributed by atoms with E-state index in [-0.39, 0.29) is 18.2 Å². The van der Waals surface area contributed by atoms with Gasteiger partial charge in [-0.2, -0.15) is 0 Å². The van der Waals surface area contributed by atoms with Crippen molar-refractivity contribution in [3.63, 3.8) is 0 Å². The van der Waals surface area contributed by atoms with E-state index in [1.54, 1.807) is 12.0 Å². The molecule has 5 nitrogen and oxygen atoms in total. The van der Waals surface area contributed by atoms with Crippen LogP contribution in [0.4, 0.5) is 5.69 Å². The number of hydrogen-bond donors (Lipinski definition) is 1. The number of amides is 2. The molecule has 0 spiro atoms. The third-order valence-electron chi connectivity index (χ3n) is 5.70. The van der Waals surface area contributed by atoms with Crippen molar-refractivity contribution in [2.75, 3.05) is 12.0 Å². The maximum Gasteiger partial charge on any atom is 0.248 e. The second kappa shape index (κ2) is 11.5. The highest BCUT2D eigenvalue weighted by atomic mass is 32.1. The zero-order valence-electron chi connectivity index (χ0n) is 19.8. The maximum atomic E-state index is 13.8. The smallest absolute Gasteiger partial charge is 0.248 e. The van der Waals surface area contributed by atoms with Crippen LogP contribution in [0, 0.1) is 6.92 Å². The number of benzene rings is 3. The van der Waals surface area contributed by atoms with Gasteiger partial charge in [0.2, 0.25) is 11.8 Å². The summed E-state index contributed by atoms with van der Waals surface area (Å²) in [6, 6.07) is 27.7. The number of ether oxygens (including phenoxy) is 1. The lowest BCUT2D eigenvalue weighted by Gasteiger charge is -2.32. The highest BCUT2D eigenvalue weighted by Crippen LogP contribution is 2.31. The average molecular weight is 485 g/mol. The van der Waals surface area contributed by atoms with Gasteiger partial charge in [0.15, 0.2) is 0 Å². The van der Waals surface area contributed by atoms with E-state index >= 15 is 0 Å². The minimum absolute atomic E-state index is 0.145. The predicted molar refractivity (Wildman–Crippen MR) is 141 cm³/mol. The Morgan fingerprint density at radius 2 is 1.71 bits per heavy atom. The fraction of sp³-hybridized carbons (Fsp3) is 0.172. The summed E-state index contributed by atoms with van der Waals surface area (Å²) in [5, 5.41) is 4.99. The SMILES string of the molecule is COc1ccc(C(C(=O)NCc2ccccc2)N(C(=O)Cc2cccs2)c2cccc(C)c2)cc1. The van der Waals surface area contributed by atoms with Crippen LogP contribution in [0.2, 0.25) is 0 Å². The molecule has 0 aliphatic carbocycles. The molecule has 6 heteroatoms. The zero-order valence-corrected chi connectivity index (χ0v) is 20.6. The molecule has 2 amide bonds. The fourth-order valence-corrected chi connectivity index (χ4v) is 4.64. The van der Waals surface area contributed by atoms with Crippen LogP contribution in [0.15, 0.2) is 96.4 Å². The molecular weight excluding hydrogens is 456 g/mol. The van der Waals surface area contributed by atoms with Crippen molar-refractivity contribution in [1.82, 2.24) is 5.32 Å². The molecule has 0 saturated heterocycles. The minimum atomic E-state index is -0.848. The van der Waals surface area contributed by atoms with Crippen LogP contribution < -0.4 is 15.0 Å². The highest BCUT2D eigenvalue weighted by molar-refractivity contribution is 7.10. The van der Waals surface area contributed by atoms with E-state index in [0.29, 0.717) is 23.5 Å². The van der Waals surface area contributed by atoms with Crippen LogP contribution in [-0.2, 0) is 22.6 Å². The average Bonchev–Trinajstić information content (AvgIpc) is 3.39. The Morgan fingerprint density at radius 1 is 0.943 bits per heavy atom. The summed E-state index contributed by atoms with van der Waals surface area (Å²) in [4.78, 5) is 30.1. The molecule has 4 aromatic rings. The molecule has 1 heterocycles. The monoisotopic (exact) mass is 484 g/mol. The summed E-state index contributed by atoms with van der Waals surface area (Å²) < 4.78 is 5.31. The Balaban J connectivity index is 1.74. The molecule has 4 rings (SSSR count). The Hall–Kier alpha value is -3.90. The molecule has 1 aromatic heterocycles. The molecule has 1 N–H and O–H groups in total. The third kappa shape index (κ3) is 6.16. The van der Waals surface area contributed by atoms with E-state index in [9.17, 15) is 9.59 Å². The molecule has 0 bridgehead atoms. The number of nitrogens with one attached hydrogen (secondary N) is 1. The summed E-state index contributed by atoms with van der Waals surface area (Å²) in [6.07, 6.45) is 0.213. The van der Waals surface area contributed by atoms with Crippen LogP contribution in [0.3, 0.4) is 0 Å². The standard InChI is InChI=1S/C29H28N2O3S/c1-21-8-6-11-24(18-21)31(27(32)19-26-12-7-17-35-26)28(23-13-15-25(34-2)16-14-23)29(33)30-20-22-9-4-3-5-10-22/h3-18,28H,19-20H2,1-2H3,(H,30,33). The number of aryl methyl sites for hydroxylation is 1. The topological polar surface area (TPSA) is 58.6 Å². The summed E-state index contributed by atoms with van der Waals surface area (Å²) in [5.41, 5.74) is 3.38. The first-order valence-electron chi connectivity index (χ1n) is 11.4. The van der Waals surface area contributed by atoms with E-state index < -0.39 is 6.04 Å². The van der Waals surface area contributed by atoms with Crippen LogP contribution >= 0.6 is 11.3 Å². The Labute approximate surface area is 210 Å². The Kier molecular flexibility index (Phi) is 7.95. The predicted octanol–water partition coefficient (Wildman–Crippen LogP) is 5.70. The number of carbonyl (C=O) groups is 2. The number of methoxy groups -OCH3 is 1. The van der Waals surface area contributed by atoms with Gasteiger partial charge in [-0.3, -0.25) is 14.5 Å². The van der Waals surface area contributed by atoms with Crippen molar-refractivity contribution in [3.8, 4) is 5.75 Å². The van der Waals surface area contributed by atoms with E-state index in [1.807, 2.05) is 103 Å². The Bertz CT molecular complexity index is 1250. The second-order valence-electron chi connectivity index (χ2n) is 8.24. The molecule has 178 valence electrons. The minimum Gasteiger partial charge on any atom is -0.497 e. The number of anilines is 1. The molecule has 0 radical (unpaired) electrons. The molecular formula is C29H28N2O3S. The van der Waals surface area contributed by atoms with Crippen LogP contribution in [0.5, 0.6) is 5.75 Å². The van der Waals surface area contributed by atoms with Crippen molar-refractivity contribution in [2.24, 2.45) is 0 Å². The fourth-order valence-electron chi connectivity index (χ4n) is 3.95. The first kappa shape index (κ1) is 24.2. The van der Waals surface area contributed by atoms with Crippen molar-refractivity contribution in [1.29, 1.82) is 0 Å². The summed E-state index contributed by atoms with van der Waals surface area (Å²) >= 11 is 1.53. The summed E-state index contributed by atoms with van der Waals surface area (Å²) in [5.74, 6) is 0.290. The number of thiophene rings is 1. The van der Waals surface area contributed by atoms with Gasteiger partial charge >= 0.3 is 0 Å². The first-order chi connectivity index (χ1) is 17.0. The van der Waals surface area contributed by atoms with Gasteiger partial charge in [0.25, 0.3) is 0 Å². The van der Waals surface area contributed by atoms with Gasteiger partial charge in [-0.05, 0) is 59.3 Å². The van der Waals surface area contributed by atoms with E-state index in [2.05, 4.69) is 5.32 Å². The lowest BCUT2D eigenvalue weighted by Crippen LogP contribution is -2.44. The quantitative estimate of drug-likeness (QED) is 0.332. The normalized spacial score (nSPS) is 11.5. The van der Waals surface area contributed by atoms with Crippen molar-refractivity contribution >= 4 is 28.8 Å². The highest BCUT2D eigenvalue weighted by Gasteiger charge is 2.33. The molecule has 0 saturated carbocycles. The largest absolute Gasteiger partial charge is 0.497 e. The Morgan fingerprint density at radius 3 is 2.37 bits per heavy atom. The molecule has 1 unspecified atom stereocenters. The summed E-state index contributed by atoms with van der Waals surface area (Å²) in [7, 11) is 1.60. The number of rotatable bonds is 9. The van der Waals surface area contributed by atoms with E-state index in [4.69, 9.17) is 4.74 Å². The summed E-state index contributed by atoms with van der Waals surface area (Å²) in [6.45, 7) is 2.34. The lowest BCUT2D eigenvalue weighted by atomic mass is 10.0. The van der Waals surface area contributed by atoms with E-state index in [1.165, 1.54) is 11.3 Å². The molecule has 0 aliphatic heterocycles. The van der Waals surface area contributed by atoms with Gasteiger partial charge in [-0.25, -0.2) is 0 Å². The molecule has 3 aromatic carbocycles. The maximum absolute atomic E-state index is 13.8. The third-order valence-corrected chi connectivity index (χ3v) is 6.58. The van der Waals surface area contributed by atoms with Gasteiger partial charge in [-0.15, -0.1) is 11.3 Å². The second-order valence-corrected chi connectivity index (χ2v) is 9.27. The zero-order chi connectivity index (χ0) is 24.6. The van der Waals surface area contributed by atoms with Crippen LogP contribution in [-0.4, -0.2) is 18.9 Å². The van der Waals surface area contributed by atoms with Gasteiger partial charge in [-0.1, -0.05) is 60.7 Å². The van der Waals surface area contributed by atoms with Gasteiger partial charge in [0.05, 0.1) is 13.5 Å². The number of hydrogen-bond acceptors (Lipinski definition) is 4.